The minimum absolute atomic E-state index is 0.659. The first-order chi connectivity index (χ1) is 12.2. The van der Waals surface area contributed by atoms with Crippen molar-refractivity contribution < 1.29 is 4.74 Å². The number of hydrogen-bond acceptors (Lipinski definition) is 6. The standard InChI is InChI=1S/C19H23N5O/c1-3-25-15-5-4-14-12-20-19(16(14)10-15)17-11-18(22-13-21-17)24-8-6-23(2)7-9-24/h4-5,10-11,13H,3,6-9,12H2,1-2H3. The summed E-state index contributed by atoms with van der Waals surface area (Å²) in [7, 11) is 2.16. The Morgan fingerprint density at radius 3 is 2.72 bits per heavy atom. The van der Waals surface area contributed by atoms with Gasteiger partial charge in [0.05, 0.1) is 24.6 Å². The summed E-state index contributed by atoms with van der Waals surface area (Å²) in [6.07, 6.45) is 1.65. The molecule has 0 bridgehead atoms. The van der Waals surface area contributed by atoms with Crippen LogP contribution in [0.5, 0.6) is 5.75 Å². The molecule has 1 aromatic heterocycles. The Hall–Kier alpha value is -2.47. The third-order valence-electron chi connectivity index (χ3n) is 4.78. The number of ether oxygens (including phenoxy) is 1. The van der Waals surface area contributed by atoms with Gasteiger partial charge in [-0.25, -0.2) is 9.97 Å². The van der Waals surface area contributed by atoms with Crippen molar-refractivity contribution in [2.45, 2.75) is 13.5 Å². The van der Waals surface area contributed by atoms with Gasteiger partial charge in [0.25, 0.3) is 0 Å². The molecular formula is C19H23N5O. The first-order valence-electron chi connectivity index (χ1n) is 8.81. The van der Waals surface area contributed by atoms with E-state index in [4.69, 9.17) is 9.73 Å². The number of piperazine rings is 1. The fourth-order valence-electron chi connectivity index (χ4n) is 3.32. The lowest BCUT2D eigenvalue weighted by molar-refractivity contribution is 0.312. The molecule has 0 unspecified atom stereocenters. The van der Waals surface area contributed by atoms with Crippen LogP contribution < -0.4 is 9.64 Å². The van der Waals surface area contributed by atoms with Crippen LogP contribution in [0.25, 0.3) is 0 Å². The molecule has 1 fully saturated rings. The van der Waals surface area contributed by atoms with Crippen LogP contribution >= 0.6 is 0 Å². The van der Waals surface area contributed by atoms with Gasteiger partial charge in [0.15, 0.2) is 0 Å². The van der Waals surface area contributed by atoms with Gasteiger partial charge >= 0.3 is 0 Å². The van der Waals surface area contributed by atoms with Crippen LogP contribution in [0.15, 0.2) is 35.6 Å². The van der Waals surface area contributed by atoms with Gasteiger partial charge in [0, 0.05) is 37.8 Å². The predicted molar refractivity (Wildman–Crippen MR) is 98.7 cm³/mol. The molecule has 2 aromatic rings. The van der Waals surface area contributed by atoms with Crippen molar-refractivity contribution in [1.82, 2.24) is 14.9 Å². The topological polar surface area (TPSA) is 53.9 Å². The van der Waals surface area contributed by atoms with Crippen LogP contribution in [0.4, 0.5) is 5.82 Å². The van der Waals surface area contributed by atoms with Crippen molar-refractivity contribution in [2.75, 3.05) is 44.7 Å². The molecule has 1 saturated heterocycles. The summed E-state index contributed by atoms with van der Waals surface area (Å²) in [5.74, 6) is 1.86. The molecule has 0 spiro atoms. The smallest absolute Gasteiger partial charge is 0.132 e. The van der Waals surface area contributed by atoms with Crippen LogP contribution in [0.2, 0.25) is 0 Å². The molecule has 4 rings (SSSR count). The lowest BCUT2D eigenvalue weighted by Crippen LogP contribution is -2.44. The highest BCUT2D eigenvalue weighted by Gasteiger charge is 2.21. The lowest BCUT2D eigenvalue weighted by Gasteiger charge is -2.33. The highest BCUT2D eigenvalue weighted by molar-refractivity contribution is 6.14. The number of nitrogens with zero attached hydrogens (tertiary/aromatic N) is 5. The number of aliphatic imine (C=N–C) groups is 1. The molecule has 0 atom stereocenters. The van der Waals surface area contributed by atoms with E-state index in [1.54, 1.807) is 6.33 Å². The van der Waals surface area contributed by atoms with Crippen LogP contribution in [-0.2, 0) is 6.54 Å². The van der Waals surface area contributed by atoms with Gasteiger partial charge in [-0.3, -0.25) is 4.99 Å². The number of fused-ring (bicyclic) bond motifs is 1. The van der Waals surface area contributed by atoms with E-state index in [-0.39, 0.29) is 0 Å². The fourth-order valence-corrected chi connectivity index (χ4v) is 3.32. The molecule has 2 aliphatic rings. The highest BCUT2D eigenvalue weighted by atomic mass is 16.5. The largest absolute Gasteiger partial charge is 0.494 e. The Labute approximate surface area is 148 Å². The number of hydrogen-bond donors (Lipinski definition) is 0. The first kappa shape index (κ1) is 16.0. The first-order valence-corrected chi connectivity index (χ1v) is 8.81. The Bertz CT molecular complexity index is 796. The zero-order chi connectivity index (χ0) is 17.2. The summed E-state index contributed by atoms with van der Waals surface area (Å²) >= 11 is 0. The minimum Gasteiger partial charge on any atom is -0.494 e. The third-order valence-corrected chi connectivity index (χ3v) is 4.78. The van der Waals surface area contributed by atoms with Crippen molar-refractivity contribution in [2.24, 2.45) is 4.99 Å². The monoisotopic (exact) mass is 337 g/mol. The van der Waals surface area contributed by atoms with E-state index in [2.05, 4.69) is 45.0 Å². The van der Waals surface area contributed by atoms with Crippen LogP contribution in [0.3, 0.4) is 0 Å². The Morgan fingerprint density at radius 1 is 1.08 bits per heavy atom. The average molecular weight is 337 g/mol. The maximum Gasteiger partial charge on any atom is 0.132 e. The number of likely N-dealkylation sites (N-methyl/N-ethyl adjacent to an activating group) is 1. The molecule has 6 heteroatoms. The molecule has 0 aliphatic carbocycles. The summed E-state index contributed by atoms with van der Waals surface area (Å²) in [4.78, 5) is 18.3. The average Bonchev–Trinajstić information content (AvgIpc) is 3.06. The number of benzene rings is 1. The second-order valence-corrected chi connectivity index (χ2v) is 6.47. The summed E-state index contributed by atoms with van der Waals surface area (Å²) in [5, 5.41) is 0. The quantitative estimate of drug-likeness (QED) is 0.854. The molecule has 1 aromatic carbocycles. The number of aromatic nitrogens is 2. The second-order valence-electron chi connectivity index (χ2n) is 6.47. The maximum absolute atomic E-state index is 5.64. The van der Waals surface area contributed by atoms with Crippen molar-refractivity contribution in [1.29, 1.82) is 0 Å². The second kappa shape index (κ2) is 6.80. The van der Waals surface area contributed by atoms with Gasteiger partial charge in [-0.1, -0.05) is 6.07 Å². The van der Waals surface area contributed by atoms with Gasteiger partial charge in [0.1, 0.15) is 17.9 Å². The van der Waals surface area contributed by atoms with Crippen LogP contribution in [0.1, 0.15) is 23.7 Å². The molecular weight excluding hydrogens is 314 g/mol. The van der Waals surface area contributed by atoms with E-state index >= 15 is 0 Å². The van der Waals surface area contributed by atoms with E-state index < -0.39 is 0 Å². The lowest BCUT2D eigenvalue weighted by atomic mass is 10.0. The van der Waals surface area contributed by atoms with E-state index in [9.17, 15) is 0 Å². The van der Waals surface area contributed by atoms with Gasteiger partial charge in [0.2, 0.25) is 0 Å². The van der Waals surface area contributed by atoms with E-state index in [0.29, 0.717) is 13.2 Å². The Kier molecular flexibility index (Phi) is 4.36. The number of anilines is 1. The van der Waals surface area contributed by atoms with Gasteiger partial charge in [-0.15, -0.1) is 0 Å². The number of rotatable bonds is 4. The minimum atomic E-state index is 0.659. The molecule has 2 aliphatic heterocycles. The van der Waals surface area contributed by atoms with Crippen molar-refractivity contribution in [3.8, 4) is 5.75 Å². The SMILES string of the molecule is CCOc1ccc2c(c1)C(c1cc(N3CCN(C)CC3)ncn1)=NC2. The maximum atomic E-state index is 5.64. The van der Waals surface area contributed by atoms with Gasteiger partial charge in [-0.05, 0) is 31.7 Å². The molecule has 3 heterocycles. The van der Waals surface area contributed by atoms with Crippen molar-refractivity contribution in [3.05, 3.63) is 47.4 Å². The summed E-state index contributed by atoms with van der Waals surface area (Å²) in [5.41, 5.74) is 4.16. The summed E-state index contributed by atoms with van der Waals surface area (Å²) < 4.78 is 5.64. The zero-order valence-electron chi connectivity index (χ0n) is 14.8. The predicted octanol–water partition coefficient (Wildman–Crippen LogP) is 1.98. The molecule has 130 valence electrons. The highest BCUT2D eigenvalue weighted by Crippen LogP contribution is 2.27. The van der Waals surface area contributed by atoms with E-state index in [0.717, 1.165) is 54.7 Å². The molecule has 25 heavy (non-hydrogen) atoms. The van der Waals surface area contributed by atoms with E-state index in [1.807, 2.05) is 13.0 Å². The Balaban J connectivity index is 1.62. The summed E-state index contributed by atoms with van der Waals surface area (Å²) in [6, 6.07) is 8.24. The van der Waals surface area contributed by atoms with E-state index in [1.165, 1.54) is 5.56 Å². The van der Waals surface area contributed by atoms with Crippen LogP contribution in [0, 0.1) is 0 Å². The zero-order valence-corrected chi connectivity index (χ0v) is 14.8. The normalized spacial score (nSPS) is 17.4. The van der Waals surface area contributed by atoms with Crippen LogP contribution in [-0.4, -0.2) is 60.4 Å². The van der Waals surface area contributed by atoms with Crippen molar-refractivity contribution in [3.63, 3.8) is 0 Å². The summed E-state index contributed by atoms with van der Waals surface area (Å²) in [6.45, 7) is 7.45. The van der Waals surface area contributed by atoms with Crippen molar-refractivity contribution >= 4 is 11.5 Å². The fraction of sp³-hybridized carbons (Fsp3) is 0.421. The molecule has 6 nitrogen and oxygen atoms in total. The van der Waals surface area contributed by atoms with Gasteiger partial charge < -0.3 is 14.5 Å². The third kappa shape index (κ3) is 3.22. The van der Waals surface area contributed by atoms with Gasteiger partial charge in [-0.2, -0.15) is 0 Å². The molecule has 0 saturated carbocycles. The Morgan fingerprint density at radius 2 is 1.92 bits per heavy atom. The molecule has 0 N–H and O–H groups in total. The molecule has 0 radical (unpaired) electrons. The molecule has 0 amide bonds.